The number of amides is 1. The summed E-state index contributed by atoms with van der Waals surface area (Å²) in [4.78, 5) is 14.5. The first-order chi connectivity index (χ1) is 11.5. The van der Waals surface area contributed by atoms with Crippen molar-refractivity contribution in [2.24, 2.45) is 0 Å². The van der Waals surface area contributed by atoms with Crippen molar-refractivity contribution in [1.82, 2.24) is 14.7 Å². The lowest BCUT2D eigenvalue weighted by atomic mass is 10.1. The zero-order valence-corrected chi connectivity index (χ0v) is 14.3. The lowest BCUT2D eigenvalue weighted by molar-refractivity contribution is -0.0667. The van der Waals surface area contributed by atoms with E-state index in [0.717, 1.165) is 17.1 Å². The molecule has 1 aliphatic rings. The number of rotatable bonds is 3. The third-order valence-corrected chi connectivity index (χ3v) is 4.34. The molecule has 24 heavy (non-hydrogen) atoms. The number of hydrogen-bond acceptors (Lipinski definition) is 4. The van der Waals surface area contributed by atoms with E-state index in [4.69, 9.17) is 4.74 Å². The van der Waals surface area contributed by atoms with Crippen molar-refractivity contribution in [1.29, 1.82) is 0 Å². The van der Waals surface area contributed by atoms with Crippen LogP contribution in [0, 0.1) is 13.8 Å². The van der Waals surface area contributed by atoms with Crippen LogP contribution in [-0.4, -0.2) is 57.6 Å². The van der Waals surface area contributed by atoms with Crippen molar-refractivity contribution in [2.45, 2.75) is 32.9 Å². The lowest BCUT2D eigenvalue weighted by Crippen LogP contribution is -2.52. The molecule has 6 nitrogen and oxygen atoms in total. The van der Waals surface area contributed by atoms with Crippen molar-refractivity contribution < 1.29 is 14.6 Å². The normalized spacial score (nSPS) is 21.1. The van der Waals surface area contributed by atoms with Gasteiger partial charge in [0.05, 0.1) is 36.7 Å². The van der Waals surface area contributed by atoms with Gasteiger partial charge < -0.3 is 14.7 Å². The zero-order chi connectivity index (χ0) is 17.3. The summed E-state index contributed by atoms with van der Waals surface area (Å²) in [5.74, 6) is -0.0378. The van der Waals surface area contributed by atoms with Gasteiger partial charge in [0.15, 0.2) is 0 Å². The molecule has 3 rings (SSSR count). The van der Waals surface area contributed by atoms with Crippen molar-refractivity contribution in [3.63, 3.8) is 0 Å². The molecule has 1 amide bonds. The summed E-state index contributed by atoms with van der Waals surface area (Å²) in [5.41, 5.74) is 3.58. The van der Waals surface area contributed by atoms with Crippen molar-refractivity contribution in [3.05, 3.63) is 47.3 Å². The molecular weight excluding hydrogens is 306 g/mol. The van der Waals surface area contributed by atoms with Gasteiger partial charge in [-0.25, -0.2) is 4.68 Å². The number of ether oxygens (including phenoxy) is 1. The zero-order valence-electron chi connectivity index (χ0n) is 14.3. The SMILES string of the molecule is Cc1cc(C)n(-c2ccc(C(=O)N3CC(CO)OCC3C)cc2)n1. The van der Waals surface area contributed by atoms with Crippen LogP contribution in [0.25, 0.3) is 5.69 Å². The Morgan fingerprint density at radius 3 is 2.62 bits per heavy atom. The average Bonchev–Trinajstić information content (AvgIpc) is 2.93. The highest BCUT2D eigenvalue weighted by Crippen LogP contribution is 2.18. The Labute approximate surface area is 141 Å². The molecule has 0 saturated carbocycles. The Bertz CT molecular complexity index is 724. The number of benzene rings is 1. The van der Waals surface area contributed by atoms with Gasteiger partial charge in [0.2, 0.25) is 0 Å². The first-order valence-corrected chi connectivity index (χ1v) is 8.16. The van der Waals surface area contributed by atoms with E-state index in [1.165, 1.54) is 0 Å². The molecule has 1 N–H and O–H groups in total. The minimum Gasteiger partial charge on any atom is -0.394 e. The summed E-state index contributed by atoms with van der Waals surface area (Å²) in [5, 5.41) is 13.7. The van der Waals surface area contributed by atoms with E-state index in [-0.39, 0.29) is 24.7 Å². The molecule has 1 fully saturated rings. The third-order valence-electron chi connectivity index (χ3n) is 4.34. The summed E-state index contributed by atoms with van der Waals surface area (Å²) < 4.78 is 7.36. The first kappa shape index (κ1) is 16.7. The summed E-state index contributed by atoms with van der Waals surface area (Å²) >= 11 is 0. The predicted octanol–water partition coefficient (Wildman–Crippen LogP) is 1.71. The van der Waals surface area contributed by atoms with Crippen molar-refractivity contribution >= 4 is 5.91 Å². The van der Waals surface area contributed by atoms with Gasteiger partial charge in [-0.3, -0.25) is 4.79 Å². The number of hydrogen-bond donors (Lipinski definition) is 1. The van der Waals surface area contributed by atoms with Gasteiger partial charge in [0.1, 0.15) is 0 Å². The molecule has 1 aliphatic heterocycles. The average molecular weight is 329 g/mol. The number of aliphatic hydroxyl groups is 1. The van der Waals surface area contributed by atoms with Crippen molar-refractivity contribution in [2.75, 3.05) is 19.8 Å². The van der Waals surface area contributed by atoms with Crippen LogP contribution in [0.3, 0.4) is 0 Å². The van der Waals surface area contributed by atoms with Crippen molar-refractivity contribution in [3.8, 4) is 5.69 Å². The molecule has 1 saturated heterocycles. The number of nitrogens with zero attached hydrogens (tertiary/aromatic N) is 3. The molecule has 0 bridgehead atoms. The number of carbonyl (C=O) groups is 1. The fourth-order valence-corrected chi connectivity index (χ4v) is 3.01. The molecular formula is C18H23N3O3. The van der Waals surface area contributed by atoms with Crippen LogP contribution in [-0.2, 0) is 4.74 Å². The standard InChI is InChI=1S/C18H23N3O3/c1-12-8-13(2)21(19-12)16-6-4-15(5-7-16)18(23)20-9-17(10-22)24-11-14(20)3/h4-8,14,17,22H,9-11H2,1-3H3. The molecule has 2 heterocycles. The van der Waals surface area contributed by atoms with Gasteiger partial charge in [-0.15, -0.1) is 0 Å². The van der Waals surface area contributed by atoms with E-state index in [1.54, 1.807) is 4.90 Å². The lowest BCUT2D eigenvalue weighted by Gasteiger charge is -2.37. The highest BCUT2D eigenvalue weighted by molar-refractivity contribution is 5.94. The van der Waals surface area contributed by atoms with Gasteiger partial charge in [-0.05, 0) is 51.1 Å². The van der Waals surface area contributed by atoms with Gasteiger partial charge in [0, 0.05) is 17.8 Å². The second-order valence-corrected chi connectivity index (χ2v) is 6.33. The molecule has 2 atom stereocenters. The Kier molecular flexibility index (Phi) is 4.69. The van der Waals surface area contributed by atoms with E-state index < -0.39 is 0 Å². The van der Waals surface area contributed by atoms with Crippen LogP contribution in [0.15, 0.2) is 30.3 Å². The topological polar surface area (TPSA) is 67.6 Å². The smallest absolute Gasteiger partial charge is 0.254 e. The molecule has 128 valence electrons. The van der Waals surface area contributed by atoms with Crippen LogP contribution >= 0.6 is 0 Å². The molecule has 2 unspecified atom stereocenters. The van der Waals surface area contributed by atoms with E-state index in [1.807, 2.05) is 55.8 Å². The Morgan fingerprint density at radius 1 is 1.33 bits per heavy atom. The summed E-state index contributed by atoms with van der Waals surface area (Å²) in [7, 11) is 0. The molecule has 0 spiro atoms. The minimum atomic E-state index is -0.306. The van der Waals surface area contributed by atoms with E-state index in [2.05, 4.69) is 5.10 Å². The number of aliphatic hydroxyl groups excluding tert-OH is 1. The number of carbonyl (C=O) groups excluding carboxylic acids is 1. The number of aromatic nitrogens is 2. The van der Waals surface area contributed by atoms with E-state index in [0.29, 0.717) is 18.7 Å². The monoisotopic (exact) mass is 329 g/mol. The van der Waals surface area contributed by atoms with Crippen LogP contribution in [0.4, 0.5) is 0 Å². The fraction of sp³-hybridized carbons (Fsp3) is 0.444. The number of morpholine rings is 1. The second-order valence-electron chi connectivity index (χ2n) is 6.33. The van der Waals surface area contributed by atoms with Gasteiger partial charge in [0.25, 0.3) is 5.91 Å². The summed E-state index contributed by atoms with van der Waals surface area (Å²) in [6.45, 7) is 6.70. The molecule has 1 aromatic carbocycles. The summed E-state index contributed by atoms with van der Waals surface area (Å²) in [6.07, 6.45) is -0.306. The van der Waals surface area contributed by atoms with Gasteiger partial charge in [-0.1, -0.05) is 0 Å². The van der Waals surface area contributed by atoms with Crippen LogP contribution in [0.2, 0.25) is 0 Å². The summed E-state index contributed by atoms with van der Waals surface area (Å²) in [6, 6.07) is 9.47. The Hall–Kier alpha value is -2.18. The predicted molar refractivity (Wildman–Crippen MR) is 90.4 cm³/mol. The van der Waals surface area contributed by atoms with Gasteiger partial charge >= 0.3 is 0 Å². The molecule has 1 aromatic heterocycles. The van der Waals surface area contributed by atoms with E-state index >= 15 is 0 Å². The highest BCUT2D eigenvalue weighted by Gasteiger charge is 2.29. The maximum Gasteiger partial charge on any atom is 0.254 e. The van der Waals surface area contributed by atoms with Gasteiger partial charge in [-0.2, -0.15) is 5.10 Å². The molecule has 0 aliphatic carbocycles. The Balaban J connectivity index is 1.80. The van der Waals surface area contributed by atoms with Crippen LogP contribution in [0.1, 0.15) is 28.7 Å². The quantitative estimate of drug-likeness (QED) is 0.931. The Morgan fingerprint density at radius 2 is 2.04 bits per heavy atom. The second kappa shape index (κ2) is 6.75. The third kappa shape index (κ3) is 3.20. The molecule has 6 heteroatoms. The maximum atomic E-state index is 12.8. The maximum absolute atomic E-state index is 12.8. The van der Waals surface area contributed by atoms with Crippen LogP contribution in [0.5, 0.6) is 0 Å². The fourth-order valence-electron chi connectivity index (χ4n) is 3.01. The molecule has 2 aromatic rings. The first-order valence-electron chi connectivity index (χ1n) is 8.16. The number of aryl methyl sites for hydroxylation is 2. The largest absolute Gasteiger partial charge is 0.394 e. The van der Waals surface area contributed by atoms with Crippen LogP contribution < -0.4 is 0 Å². The highest BCUT2D eigenvalue weighted by atomic mass is 16.5. The molecule has 0 radical (unpaired) electrons. The minimum absolute atomic E-state index is 0.00372. The van der Waals surface area contributed by atoms with E-state index in [9.17, 15) is 9.90 Å².